The number of carbonyl (C=O) groups excluding carboxylic acids is 1. The molecule has 1 fully saturated rings. The van der Waals surface area contributed by atoms with Crippen LogP contribution < -0.4 is 14.3 Å². The number of aromatic nitrogens is 1. The molecule has 0 unspecified atom stereocenters. The van der Waals surface area contributed by atoms with Gasteiger partial charge in [-0.25, -0.2) is 8.42 Å². The molecule has 1 aromatic heterocycles. The van der Waals surface area contributed by atoms with Crippen LogP contribution in [-0.2, 0) is 16.6 Å². The average molecular weight is 520 g/mol. The van der Waals surface area contributed by atoms with E-state index in [2.05, 4.69) is 4.99 Å². The van der Waals surface area contributed by atoms with Crippen LogP contribution in [0.25, 0.3) is 10.2 Å². The van der Waals surface area contributed by atoms with Crippen molar-refractivity contribution in [3.63, 3.8) is 0 Å². The fraction of sp³-hybridized carbons (Fsp3) is 0.391. The summed E-state index contributed by atoms with van der Waals surface area (Å²) in [7, 11) is -1.95. The number of sulfonamides is 1. The predicted molar refractivity (Wildman–Crippen MR) is 133 cm³/mol. The summed E-state index contributed by atoms with van der Waals surface area (Å²) in [5.41, 5.74) is 1.28. The van der Waals surface area contributed by atoms with Gasteiger partial charge in [0.2, 0.25) is 10.0 Å². The molecule has 0 bridgehead atoms. The minimum absolute atomic E-state index is 0.0764. The maximum absolute atomic E-state index is 13.0. The van der Waals surface area contributed by atoms with E-state index in [1.54, 1.807) is 18.8 Å². The summed E-state index contributed by atoms with van der Waals surface area (Å²) in [5.74, 6) is 1.84. The average Bonchev–Trinajstić information content (AvgIpc) is 3.64. The SMILES string of the molecule is CSCCn1c(=NC(=O)c2ccc(S(=O)(=O)N(C)C3CC3)cc2)sc2cc3c(cc21)OCCO3. The van der Waals surface area contributed by atoms with Gasteiger partial charge < -0.3 is 14.0 Å². The van der Waals surface area contributed by atoms with Crippen LogP contribution in [0, 0.1) is 0 Å². The summed E-state index contributed by atoms with van der Waals surface area (Å²) >= 11 is 3.13. The number of rotatable bonds is 7. The number of fused-ring (bicyclic) bond motifs is 2. The number of amides is 1. The Kier molecular flexibility index (Phi) is 6.45. The number of carbonyl (C=O) groups is 1. The molecule has 1 aliphatic carbocycles. The van der Waals surface area contributed by atoms with E-state index in [9.17, 15) is 13.2 Å². The monoisotopic (exact) mass is 519 g/mol. The Morgan fingerprint density at radius 3 is 2.50 bits per heavy atom. The summed E-state index contributed by atoms with van der Waals surface area (Å²) < 4.78 is 41.3. The smallest absolute Gasteiger partial charge is 0.279 e. The van der Waals surface area contributed by atoms with Crippen molar-refractivity contribution in [2.45, 2.75) is 30.3 Å². The molecular weight excluding hydrogens is 494 g/mol. The molecule has 180 valence electrons. The predicted octanol–water partition coefficient (Wildman–Crippen LogP) is 3.36. The van der Waals surface area contributed by atoms with Crippen LogP contribution in [0.15, 0.2) is 46.3 Å². The van der Waals surface area contributed by atoms with Gasteiger partial charge in [0.15, 0.2) is 16.3 Å². The van der Waals surface area contributed by atoms with Gasteiger partial charge in [-0.3, -0.25) is 4.79 Å². The zero-order chi connectivity index (χ0) is 23.9. The van der Waals surface area contributed by atoms with Crippen molar-refractivity contribution in [3.05, 3.63) is 46.8 Å². The topological polar surface area (TPSA) is 90.2 Å². The lowest BCUT2D eigenvalue weighted by molar-refractivity contribution is 0.0997. The van der Waals surface area contributed by atoms with E-state index in [0.717, 1.165) is 28.8 Å². The van der Waals surface area contributed by atoms with Crippen molar-refractivity contribution in [3.8, 4) is 11.5 Å². The highest BCUT2D eigenvalue weighted by atomic mass is 32.2. The molecule has 3 aromatic rings. The van der Waals surface area contributed by atoms with E-state index in [4.69, 9.17) is 9.47 Å². The van der Waals surface area contributed by atoms with E-state index in [-0.39, 0.29) is 10.9 Å². The van der Waals surface area contributed by atoms with Gasteiger partial charge in [-0.05, 0) is 43.4 Å². The number of thioether (sulfide) groups is 1. The van der Waals surface area contributed by atoms with Crippen LogP contribution in [0.1, 0.15) is 23.2 Å². The van der Waals surface area contributed by atoms with E-state index < -0.39 is 15.9 Å². The quantitative estimate of drug-likeness (QED) is 0.476. The van der Waals surface area contributed by atoms with Crippen molar-refractivity contribution >= 4 is 49.2 Å². The van der Waals surface area contributed by atoms with Gasteiger partial charge in [0.25, 0.3) is 5.91 Å². The van der Waals surface area contributed by atoms with E-state index in [1.807, 2.05) is 23.0 Å². The molecule has 8 nitrogen and oxygen atoms in total. The van der Waals surface area contributed by atoms with Crippen LogP contribution in [0.4, 0.5) is 0 Å². The summed E-state index contributed by atoms with van der Waals surface area (Å²) in [6.45, 7) is 1.71. The van der Waals surface area contributed by atoms with Gasteiger partial charge >= 0.3 is 0 Å². The molecule has 1 aliphatic heterocycles. The number of benzene rings is 2. The molecule has 2 aliphatic rings. The number of hydrogen-bond acceptors (Lipinski definition) is 7. The Hall–Kier alpha value is -2.34. The van der Waals surface area contributed by atoms with Crippen LogP contribution in [-0.4, -0.2) is 61.5 Å². The largest absolute Gasteiger partial charge is 0.486 e. The highest BCUT2D eigenvalue weighted by Crippen LogP contribution is 2.35. The lowest BCUT2D eigenvalue weighted by Gasteiger charge is -2.18. The molecule has 1 amide bonds. The standard InChI is InChI=1S/C23H25N3O5S3/c1-25(16-5-6-16)34(28,29)17-7-3-15(4-8-17)22(27)24-23-26(9-12-32-2)18-13-19-20(14-21(18)33-23)31-11-10-30-19/h3-4,7-8,13-14,16H,5-6,9-12H2,1-2H3. The van der Waals surface area contributed by atoms with E-state index in [1.165, 1.54) is 39.9 Å². The molecule has 2 aromatic carbocycles. The van der Waals surface area contributed by atoms with Gasteiger partial charge in [0.1, 0.15) is 13.2 Å². The number of aryl methyl sites for hydroxylation is 1. The van der Waals surface area contributed by atoms with Gasteiger partial charge in [-0.15, -0.1) is 0 Å². The van der Waals surface area contributed by atoms with Crippen molar-refractivity contribution in [1.82, 2.24) is 8.87 Å². The minimum atomic E-state index is -3.56. The Labute approximate surface area is 206 Å². The van der Waals surface area contributed by atoms with Gasteiger partial charge in [0, 0.05) is 43.1 Å². The molecule has 0 spiro atoms. The summed E-state index contributed by atoms with van der Waals surface area (Å²) in [6.07, 6.45) is 3.81. The first kappa shape index (κ1) is 23.4. The van der Waals surface area contributed by atoms with E-state index in [0.29, 0.717) is 41.6 Å². The fourth-order valence-corrected chi connectivity index (χ4v) is 6.66. The second kappa shape index (κ2) is 9.37. The first-order chi connectivity index (χ1) is 16.4. The molecule has 5 rings (SSSR count). The second-order valence-corrected chi connectivity index (χ2v) is 12.2. The molecule has 11 heteroatoms. The molecule has 0 saturated heterocycles. The zero-order valence-electron chi connectivity index (χ0n) is 18.9. The number of ether oxygens (including phenoxy) is 2. The maximum atomic E-state index is 13.0. The third kappa shape index (κ3) is 4.49. The molecule has 0 atom stereocenters. The van der Waals surface area contributed by atoms with Crippen LogP contribution in [0.3, 0.4) is 0 Å². The summed E-state index contributed by atoms with van der Waals surface area (Å²) in [5, 5.41) is 0. The summed E-state index contributed by atoms with van der Waals surface area (Å²) in [6, 6.07) is 9.97. The number of thiazole rings is 1. The molecule has 34 heavy (non-hydrogen) atoms. The highest BCUT2D eigenvalue weighted by Gasteiger charge is 2.35. The molecule has 2 heterocycles. The van der Waals surface area contributed by atoms with Crippen molar-refractivity contribution < 1.29 is 22.7 Å². The zero-order valence-corrected chi connectivity index (χ0v) is 21.3. The first-order valence-corrected chi connectivity index (χ1v) is 14.6. The van der Waals surface area contributed by atoms with Gasteiger partial charge in [-0.1, -0.05) is 11.3 Å². The van der Waals surface area contributed by atoms with Crippen LogP contribution in [0.5, 0.6) is 11.5 Å². The van der Waals surface area contributed by atoms with Crippen molar-refractivity contribution in [2.24, 2.45) is 4.99 Å². The Balaban J connectivity index is 1.49. The first-order valence-electron chi connectivity index (χ1n) is 11.0. The third-order valence-electron chi connectivity index (χ3n) is 5.90. The van der Waals surface area contributed by atoms with Crippen LogP contribution in [0.2, 0.25) is 0 Å². The maximum Gasteiger partial charge on any atom is 0.279 e. The van der Waals surface area contributed by atoms with E-state index >= 15 is 0 Å². The van der Waals surface area contributed by atoms with Gasteiger partial charge in [0.05, 0.1) is 15.1 Å². The molecule has 1 saturated carbocycles. The highest BCUT2D eigenvalue weighted by molar-refractivity contribution is 7.98. The Morgan fingerprint density at radius 1 is 1.18 bits per heavy atom. The fourth-order valence-electron chi connectivity index (χ4n) is 3.81. The molecule has 0 N–H and O–H groups in total. The second-order valence-electron chi connectivity index (χ2n) is 8.19. The van der Waals surface area contributed by atoms with Crippen molar-refractivity contribution in [2.75, 3.05) is 32.3 Å². The lowest BCUT2D eigenvalue weighted by Crippen LogP contribution is -2.28. The Bertz CT molecular complexity index is 1410. The van der Waals surface area contributed by atoms with Crippen molar-refractivity contribution in [1.29, 1.82) is 0 Å². The lowest BCUT2D eigenvalue weighted by atomic mass is 10.2. The Morgan fingerprint density at radius 2 is 1.85 bits per heavy atom. The number of nitrogens with zero attached hydrogens (tertiary/aromatic N) is 3. The molecular formula is C23H25N3O5S3. The number of hydrogen-bond donors (Lipinski definition) is 0. The molecule has 0 radical (unpaired) electrons. The van der Waals surface area contributed by atoms with Crippen LogP contribution >= 0.6 is 23.1 Å². The minimum Gasteiger partial charge on any atom is -0.486 e. The summed E-state index contributed by atoms with van der Waals surface area (Å²) in [4.78, 5) is 18.2. The normalized spacial score (nSPS) is 16.4. The third-order valence-corrected chi connectivity index (χ3v) is 9.46. The van der Waals surface area contributed by atoms with Gasteiger partial charge in [-0.2, -0.15) is 21.1 Å².